The Bertz CT molecular complexity index is 717. The summed E-state index contributed by atoms with van der Waals surface area (Å²) >= 11 is 0. The predicted octanol–water partition coefficient (Wildman–Crippen LogP) is 2.93. The second-order valence-electron chi connectivity index (χ2n) is 6.05. The molecular weight excluding hydrogens is 342 g/mol. The summed E-state index contributed by atoms with van der Waals surface area (Å²) in [5.41, 5.74) is 2.27. The van der Waals surface area contributed by atoms with Gasteiger partial charge in [-0.25, -0.2) is 0 Å². The lowest BCUT2D eigenvalue weighted by Crippen LogP contribution is -2.38. The highest BCUT2D eigenvalue weighted by Crippen LogP contribution is 2.18. The molecule has 2 rings (SSSR count). The fraction of sp³-hybridized carbons (Fsp3) is 0.381. The number of rotatable bonds is 9. The number of hydrogen-bond donors (Lipinski definition) is 1. The van der Waals surface area contributed by atoms with Gasteiger partial charge in [0.2, 0.25) is 0 Å². The van der Waals surface area contributed by atoms with E-state index in [0.29, 0.717) is 26.3 Å². The molecule has 1 N–H and O–H groups in total. The maximum Gasteiger partial charge on any atom is 0.193 e. The van der Waals surface area contributed by atoms with Crippen LogP contribution in [0.15, 0.2) is 53.5 Å². The molecule has 2 aromatic rings. The van der Waals surface area contributed by atoms with Crippen molar-refractivity contribution in [3.05, 3.63) is 59.7 Å². The van der Waals surface area contributed by atoms with Crippen LogP contribution in [0.3, 0.4) is 0 Å². The van der Waals surface area contributed by atoms with Crippen molar-refractivity contribution in [2.75, 3.05) is 41.5 Å². The van der Waals surface area contributed by atoms with Gasteiger partial charge in [0.15, 0.2) is 5.96 Å². The number of nitrogens with zero attached hydrogens (tertiary/aromatic N) is 2. The Morgan fingerprint density at radius 3 is 2.44 bits per heavy atom. The molecule has 0 fully saturated rings. The monoisotopic (exact) mass is 371 g/mol. The molecule has 2 aromatic carbocycles. The highest BCUT2D eigenvalue weighted by atomic mass is 16.5. The van der Waals surface area contributed by atoms with Crippen molar-refractivity contribution >= 4 is 5.96 Å². The summed E-state index contributed by atoms with van der Waals surface area (Å²) < 4.78 is 16.0. The third-order valence-electron chi connectivity index (χ3n) is 4.10. The van der Waals surface area contributed by atoms with E-state index in [2.05, 4.69) is 21.3 Å². The second kappa shape index (κ2) is 11.1. The first-order valence-electron chi connectivity index (χ1n) is 8.92. The standard InChI is InChI=1S/C21H29N3O3/c1-22-21(24(2)16-18-7-5-6-8-20(18)26-4)23-15-17-9-11-19(12-10-17)27-14-13-25-3/h5-12H,13-16H2,1-4H3,(H,22,23). The maximum absolute atomic E-state index is 5.59. The molecule has 0 unspecified atom stereocenters. The summed E-state index contributed by atoms with van der Waals surface area (Å²) in [5, 5.41) is 3.39. The number of para-hydroxylation sites is 1. The van der Waals surface area contributed by atoms with Crippen LogP contribution in [-0.2, 0) is 17.8 Å². The van der Waals surface area contributed by atoms with Gasteiger partial charge < -0.3 is 24.4 Å². The zero-order chi connectivity index (χ0) is 19.5. The summed E-state index contributed by atoms with van der Waals surface area (Å²) in [6.45, 7) is 2.52. The molecule has 27 heavy (non-hydrogen) atoms. The molecule has 0 saturated carbocycles. The number of nitrogens with one attached hydrogen (secondary N) is 1. The van der Waals surface area contributed by atoms with Gasteiger partial charge in [0, 0.05) is 39.9 Å². The van der Waals surface area contributed by atoms with Crippen molar-refractivity contribution < 1.29 is 14.2 Å². The Morgan fingerprint density at radius 1 is 1.04 bits per heavy atom. The first kappa shape index (κ1) is 20.6. The molecular formula is C21H29N3O3. The Balaban J connectivity index is 1.89. The molecule has 0 saturated heterocycles. The zero-order valence-electron chi connectivity index (χ0n) is 16.6. The zero-order valence-corrected chi connectivity index (χ0v) is 16.6. The highest BCUT2D eigenvalue weighted by Gasteiger charge is 2.09. The molecule has 0 heterocycles. The molecule has 0 bridgehead atoms. The molecule has 0 aromatic heterocycles. The van der Waals surface area contributed by atoms with E-state index in [4.69, 9.17) is 14.2 Å². The van der Waals surface area contributed by atoms with Crippen LogP contribution >= 0.6 is 0 Å². The highest BCUT2D eigenvalue weighted by molar-refractivity contribution is 5.79. The van der Waals surface area contributed by atoms with Gasteiger partial charge in [-0.2, -0.15) is 0 Å². The van der Waals surface area contributed by atoms with Crippen molar-refractivity contribution in [3.63, 3.8) is 0 Å². The smallest absolute Gasteiger partial charge is 0.193 e. The van der Waals surface area contributed by atoms with E-state index in [0.717, 1.165) is 28.6 Å². The average molecular weight is 371 g/mol. The van der Waals surface area contributed by atoms with Crippen molar-refractivity contribution in [3.8, 4) is 11.5 Å². The van der Waals surface area contributed by atoms with Crippen LogP contribution < -0.4 is 14.8 Å². The molecule has 6 heteroatoms. The van der Waals surface area contributed by atoms with Gasteiger partial charge in [-0.05, 0) is 23.8 Å². The molecule has 0 radical (unpaired) electrons. The van der Waals surface area contributed by atoms with Crippen molar-refractivity contribution in [1.82, 2.24) is 10.2 Å². The van der Waals surface area contributed by atoms with Crippen LogP contribution in [0.25, 0.3) is 0 Å². The van der Waals surface area contributed by atoms with E-state index in [1.807, 2.05) is 49.5 Å². The predicted molar refractivity (Wildman–Crippen MR) is 108 cm³/mol. The SMILES string of the molecule is CN=C(NCc1ccc(OCCOC)cc1)N(C)Cc1ccccc1OC. The second-order valence-corrected chi connectivity index (χ2v) is 6.05. The first-order chi connectivity index (χ1) is 13.2. The van der Waals surface area contributed by atoms with Crippen molar-refractivity contribution in [2.45, 2.75) is 13.1 Å². The lowest BCUT2D eigenvalue weighted by Gasteiger charge is -2.23. The third-order valence-corrected chi connectivity index (χ3v) is 4.10. The fourth-order valence-corrected chi connectivity index (χ4v) is 2.68. The summed E-state index contributed by atoms with van der Waals surface area (Å²) in [6, 6.07) is 16.0. The molecule has 0 aliphatic carbocycles. The minimum absolute atomic E-state index is 0.550. The topological polar surface area (TPSA) is 55.3 Å². The van der Waals surface area contributed by atoms with Crippen LogP contribution in [0.1, 0.15) is 11.1 Å². The van der Waals surface area contributed by atoms with Gasteiger partial charge in [-0.1, -0.05) is 30.3 Å². The molecule has 0 atom stereocenters. The van der Waals surface area contributed by atoms with E-state index < -0.39 is 0 Å². The van der Waals surface area contributed by atoms with Crippen LogP contribution in [-0.4, -0.2) is 52.4 Å². The molecule has 0 amide bonds. The summed E-state index contributed by atoms with van der Waals surface area (Å²) in [4.78, 5) is 6.44. The Morgan fingerprint density at radius 2 is 1.78 bits per heavy atom. The van der Waals surface area contributed by atoms with Crippen LogP contribution in [0.5, 0.6) is 11.5 Å². The molecule has 6 nitrogen and oxygen atoms in total. The Hall–Kier alpha value is -2.73. The van der Waals surface area contributed by atoms with E-state index >= 15 is 0 Å². The Labute approximate surface area is 161 Å². The van der Waals surface area contributed by atoms with Crippen LogP contribution in [0.2, 0.25) is 0 Å². The third kappa shape index (κ3) is 6.49. The van der Waals surface area contributed by atoms with Crippen LogP contribution in [0, 0.1) is 0 Å². The number of methoxy groups -OCH3 is 2. The maximum atomic E-state index is 5.59. The average Bonchev–Trinajstić information content (AvgIpc) is 2.70. The van der Waals surface area contributed by atoms with E-state index in [-0.39, 0.29) is 0 Å². The van der Waals surface area contributed by atoms with Crippen molar-refractivity contribution in [2.24, 2.45) is 4.99 Å². The normalized spacial score (nSPS) is 11.2. The Kier molecular flexibility index (Phi) is 8.45. The lowest BCUT2D eigenvalue weighted by atomic mass is 10.2. The van der Waals surface area contributed by atoms with Gasteiger partial charge in [0.05, 0.1) is 13.7 Å². The summed E-state index contributed by atoms with van der Waals surface area (Å²) in [7, 11) is 7.15. The summed E-state index contributed by atoms with van der Waals surface area (Å²) in [6.07, 6.45) is 0. The molecule has 0 aliphatic heterocycles. The largest absolute Gasteiger partial charge is 0.496 e. The minimum Gasteiger partial charge on any atom is -0.496 e. The van der Waals surface area contributed by atoms with Crippen molar-refractivity contribution in [1.29, 1.82) is 0 Å². The van der Waals surface area contributed by atoms with E-state index in [9.17, 15) is 0 Å². The van der Waals surface area contributed by atoms with Crippen LogP contribution in [0.4, 0.5) is 0 Å². The number of ether oxygens (including phenoxy) is 3. The number of guanidine groups is 1. The number of benzene rings is 2. The van der Waals surface area contributed by atoms with E-state index in [1.54, 1.807) is 21.3 Å². The fourth-order valence-electron chi connectivity index (χ4n) is 2.68. The van der Waals surface area contributed by atoms with Gasteiger partial charge in [0.25, 0.3) is 0 Å². The van der Waals surface area contributed by atoms with Gasteiger partial charge in [-0.3, -0.25) is 4.99 Å². The molecule has 146 valence electrons. The number of aliphatic imine (C=N–C) groups is 1. The minimum atomic E-state index is 0.550. The first-order valence-corrected chi connectivity index (χ1v) is 8.92. The molecule has 0 spiro atoms. The lowest BCUT2D eigenvalue weighted by molar-refractivity contribution is 0.146. The van der Waals surface area contributed by atoms with E-state index in [1.165, 1.54) is 0 Å². The summed E-state index contributed by atoms with van der Waals surface area (Å²) in [5.74, 6) is 2.54. The van der Waals surface area contributed by atoms with Gasteiger partial charge >= 0.3 is 0 Å². The van der Waals surface area contributed by atoms with Gasteiger partial charge in [-0.15, -0.1) is 0 Å². The number of hydrogen-bond acceptors (Lipinski definition) is 4. The quantitative estimate of drug-likeness (QED) is 0.417. The van der Waals surface area contributed by atoms with Gasteiger partial charge in [0.1, 0.15) is 18.1 Å². The molecule has 0 aliphatic rings.